The molecule has 0 radical (unpaired) electrons. The Morgan fingerprint density at radius 2 is 1.82 bits per heavy atom. The lowest BCUT2D eigenvalue weighted by atomic mass is 10.1. The fourth-order valence-electron chi connectivity index (χ4n) is 1.80. The molecule has 0 atom stereocenters. The summed E-state index contributed by atoms with van der Waals surface area (Å²) in [6, 6.07) is 9.59. The van der Waals surface area contributed by atoms with Gasteiger partial charge in [0.05, 0.1) is 5.56 Å². The topological polar surface area (TPSA) is 89.1 Å². The Morgan fingerprint density at radius 3 is 2.41 bits per heavy atom. The van der Waals surface area contributed by atoms with Gasteiger partial charge in [-0.05, 0) is 36.4 Å². The van der Waals surface area contributed by atoms with Crippen LogP contribution >= 0.6 is 0 Å². The summed E-state index contributed by atoms with van der Waals surface area (Å²) in [5.41, 5.74) is 1.99. The molecule has 2 heterocycles. The lowest BCUT2D eigenvalue weighted by Gasteiger charge is -1.97. The number of nitrogens with zero attached hydrogens (tertiary/aromatic N) is 3. The molecule has 0 saturated carbocycles. The molecule has 3 aromatic rings. The summed E-state index contributed by atoms with van der Waals surface area (Å²) in [5, 5.41) is 16.7. The molecular formula is C16H9N3O3. The SMILES string of the molecule is C#Cc1ccc(-c2nnc(-c3ccc(C(=O)O)cc3)o2)nc1. The van der Waals surface area contributed by atoms with E-state index in [2.05, 4.69) is 21.1 Å². The highest BCUT2D eigenvalue weighted by Crippen LogP contribution is 2.23. The maximum absolute atomic E-state index is 10.8. The molecule has 6 nitrogen and oxygen atoms in total. The van der Waals surface area contributed by atoms with E-state index in [1.54, 1.807) is 30.5 Å². The molecule has 3 rings (SSSR count). The Balaban J connectivity index is 1.89. The van der Waals surface area contributed by atoms with Gasteiger partial charge in [0.15, 0.2) is 0 Å². The van der Waals surface area contributed by atoms with Gasteiger partial charge in [-0.25, -0.2) is 9.78 Å². The summed E-state index contributed by atoms with van der Waals surface area (Å²) in [7, 11) is 0. The van der Waals surface area contributed by atoms with Crippen molar-refractivity contribution in [3.8, 4) is 35.4 Å². The van der Waals surface area contributed by atoms with Gasteiger partial charge in [-0.2, -0.15) is 0 Å². The van der Waals surface area contributed by atoms with Crippen LogP contribution in [0.25, 0.3) is 23.0 Å². The standard InChI is InChI=1S/C16H9N3O3/c1-2-10-3-8-13(17-9-10)15-19-18-14(22-15)11-4-6-12(7-5-11)16(20)21/h1,3-9H,(H,20,21). The zero-order chi connectivity index (χ0) is 15.5. The summed E-state index contributed by atoms with van der Waals surface area (Å²) in [6.45, 7) is 0. The number of pyridine rings is 1. The first-order chi connectivity index (χ1) is 10.7. The largest absolute Gasteiger partial charge is 0.478 e. The van der Waals surface area contributed by atoms with Gasteiger partial charge >= 0.3 is 5.97 Å². The average molecular weight is 291 g/mol. The Bertz CT molecular complexity index is 859. The number of aromatic nitrogens is 3. The van der Waals surface area contributed by atoms with E-state index in [1.165, 1.54) is 12.1 Å². The molecule has 0 aliphatic heterocycles. The second-order valence-corrected chi connectivity index (χ2v) is 4.37. The summed E-state index contributed by atoms with van der Waals surface area (Å²) >= 11 is 0. The van der Waals surface area contributed by atoms with Crippen LogP contribution in [0.5, 0.6) is 0 Å². The molecule has 0 aliphatic rings. The van der Waals surface area contributed by atoms with Crippen LogP contribution in [0, 0.1) is 12.3 Å². The molecule has 1 aromatic carbocycles. The quantitative estimate of drug-likeness (QED) is 0.746. The normalized spacial score (nSPS) is 10.1. The minimum atomic E-state index is -0.990. The van der Waals surface area contributed by atoms with Crippen molar-refractivity contribution in [2.75, 3.05) is 0 Å². The van der Waals surface area contributed by atoms with Crippen molar-refractivity contribution in [1.82, 2.24) is 15.2 Å². The minimum Gasteiger partial charge on any atom is -0.478 e. The third-order valence-corrected chi connectivity index (χ3v) is 2.95. The number of carboxylic acid groups (broad SMARTS) is 1. The Labute approximate surface area is 125 Å². The molecule has 2 aromatic heterocycles. The molecule has 0 fully saturated rings. The number of carbonyl (C=O) groups is 1. The van der Waals surface area contributed by atoms with Crippen LogP contribution in [0.2, 0.25) is 0 Å². The fourth-order valence-corrected chi connectivity index (χ4v) is 1.80. The first kappa shape index (κ1) is 13.5. The first-order valence-electron chi connectivity index (χ1n) is 6.27. The van der Waals surface area contributed by atoms with Gasteiger partial charge in [0.25, 0.3) is 5.89 Å². The number of benzene rings is 1. The summed E-state index contributed by atoms with van der Waals surface area (Å²) in [6.07, 6.45) is 6.81. The van der Waals surface area contributed by atoms with Crippen LogP contribution in [0.1, 0.15) is 15.9 Å². The molecule has 0 bridgehead atoms. The molecule has 0 spiro atoms. The predicted octanol–water partition coefficient (Wildman–Crippen LogP) is 2.48. The van der Waals surface area contributed by atoms with Gasteiger partial charge in [-0.15, -0.1) is 16.6 Å². The van der Waals surface area contributed by atoms with Crippen LogP contribution in [0.3, 0.4) is 0 Å². The highest BCUT2D eigenvalue weighted by Gasteiger charge is 2.12. The maximum atomic E-state index is 10.8. The first-order valence-corrected chi connectivity index (χ1v) is 6.27. The molecule has 22 heavy (non-hydrogen) atoms. The summed E-state index contributed by atoms with van der Waals surface area (Å²) in [4.78, 5) is 15.0. The average Bonchev–Trinajstić information content (AvgIpc) is 3.05. The second-order valence-electron chi connectivity index (χ2n) is 4.37. The molecule has 1 N–H and O–H groups in total. The monoisotopic (exact) mass is 291 g/mol. The third kappa shape index (κ3) is 2.55. The number of carboxylic acids is 1. The van der Waals surface area contributed by atoms with E-state index in [-0.39, 0.29) is 17.3 Å². The van der Waals surface area contributed by atoms with Gasteiger partial charge in [-0.1, -0.05) is 5.92 Å². The number of terminal acetylenes is 1. The second kappa shape index (κ2) is 5.50. The van der Waals surface area contributed by atoms with Crippen molar-refractivity contribution in [1.29, 1.82) is 0 Å². The van der Waals surface area contributed by atoms with E-state index < -0.39 is 5.97 Å². The van der Waals surface area contributed by atoms with Crippen LogP contribution in [-0.2, 0) is 0 Å². The van der Waals surface area contributed by atoms with Crippen LogP contribution < -0.4 is 0 Å². The van der Waals surface area contributed by atoms with Crippen LogP contribution in [-0.4, -0.2) is 26.3 Å². The molecular weight excluding hydrogens is 282 g/mol. The molecule has 106 valence electrons. The van der Waals surface area contributed by atoms with Crippen molar-refractivity contribution < 1.29 is 14.3 Å². The maximum Gasteiger partial charge on any atom is 0.335 e. The van der Waals surface area contributed by atoms with Crippen LogP contribution in [0.15, 0.2) is 47.0 Å². The van der Waals surface area contributed by atoms with Crippen LogP contribution in [0.4, 0.5) is 0 Å². The lowest BCUT2D eigenvalue weighted by molar-refractivity contribution is 0.0697. The number of rotatable bonds is 3. The van der Waals surface area contributed by atoms with E-state index in [4.69, 9.17) is 15.9 Å². The molecule has 6 heteroatoms. The lowest BCUT2D eigenvalue weighted by Crippen LogP contribution is -1.94. The Hall–Kier alpha value is -3.46. The van der Waals surface area contributed by atoms with Gasteiger partial charge in [0.2, 0.25) is 5.89 Å². The predicted molar refractivity (Wildman–Crippen MR) is 77.9 cm³/mol. The Morgan fingerprint density at radius 1 is 1.09 bits per heavy atom. The van der Waals surface area contributed by atoms with E-state index in [0.717, 1.165) is 0 Å². The van der Waals surface area contributed by atoms with E-state index in [1.807, 2.05) is 0 Å². The number of aromatic carboxylic acids is 1. The van der Waals surface area contributed by atoms with Gasteiger partial charge in [0, 0.05) is 17.3 Å². The highest BCUT2D eigenvalue weighted by atomic mass is 16.4. The zero-order valence-electron chi connectivity index (χ0n) is 11.2. The number of hydrogen-bond acceptors (Lipinski definition) is 5. The minimum absolute atomic E-state index is 0.190. The van der Waals surface area contributed by atoms with Crippen molar-refractivity contribution in [3.05, 3.63) is 53.7 Å². The molecule has 0 amide bonds. The van der Waals surface area contributed by atoms with E-state index >= 15 is 0 Å². The number of hydrogen-bond donors (Lipinski definition) is 1. The molecule has 0 aliphatic carbocycles. The van der Waals surface area contributed by atoms with Gasteiger partial charge < -0.3 is 9.52 Å². The summed E-state index contributed by atoms with van der Waals surface area (Å²) < 4.78 is 5.55. The van der Waals surface area contributed by atoms with Gasteiger partial charge in [-0.3, -0.25) is 0 Å². The van der Waals surface area contributed by atoms with Crippen molar-refractivity contribution in [2.45, 2.75) is 0 Å². The van der Waals surface area contributed by atoms with Gasteiger partial charge in [0.1, 0.15) is 5.69 Å². The smallest absolute Gasteiger partial charge is 0.335 e. The van der Waals surface area contributed by atoms with E-state index in [9.17, 15) is 4.79 Å². The van der Waals surface area contributed by atoms with Crippen molar-refractivity contribution in [2.24, 2.45) is 0 Å². The molecule has 0 unspecified atom stereocenters. The van der Waals surface area contributed by atoms with E-state index in [0.29, 0.717) is 16.8 Å². The fraction of sp³-hybridized carbons (Fsp3) is 0. The van der Waals surface area contributed by atoms with Crippen molar-refractivity contribution >= 4 is 5.97 Å². The van der Waals surface area contributed by atoms with Crippen molar-refractivity contribution in [3.63, 3.8) is 0 Å². The Kier molecular flexibility index (Phi) is 3.38. The zero-order valence-corrected chi connectivity index (χ0v) is 11.2. The highest BCUT2D eigenvalue weighted by molar-refractivity contribution is 5.88. The summed E-state index contributed by atoms with van der Waals surface area (Å²) in [5.74, 6) is 2.04. The third-order valence-electron chi connectivity index (χ3n) is 2.95. The molecule has 0 saturated heterocycles.